The van der Waals surface area contributed by atoms with Crippen molar-refractivity contribution in [2.24, 2.45) is 5.92 Å². The van der Waals surface area contributed by atoms with Crippen molar-refractivity contribution in [2.45, 2.75) is 13.3 Å². The van der Waals surface area contributed by atoms with E-state index in [9.17, 15) is 24.1 Å². The zero-order valence-electron chi connectivity index (χ0n) is 16.4. The monoisotopic (exact) mass is 440 g/mol. The maximum Gasteiger partial charge on any atom is 0.306 e. The van der Waals surface area contributed by atoms with Crippen molar-refractivity contribution < 1.29 is 18.9 Å². The predicted molar refractivity (Wildman–Crippen MR) is 114 cm³/mol. The largest absolute Gasteiger partial charge is 0.311 e. The summed E-state index contributed by atoms with van der Waals surface area (Å²) in [4.78, 5) is 43.5. The van der Waals surface area contributed by atoms with Gasteiger partial charge in [-0.1, -0.05) is 18.2 Å². The minimum absolute atomic E-state index is 0.0359. The van der Waals surface area contributed by atoms with Gasteiger partial charge in [0.15, 0.2) is 5.13 Å². The van der Waals surface area contributed by atoms with E-state index in [0.717, 1.165) is 17.8 Å². The summed E-state index contributed by atoms with van der Waals surface area (Å²) in [7, 11) is 0. The number of halogens is 1. The summed E-state index contributed by atoms with van der Waals surface area (Å²) in [5.41, 5.74) is 0.871. The van der Waals surface area contributed by atoms with E-state index in [2.05, 4.69) is 4.98 Å². The van der Waals surface area contributed by atoms with Crippen molar-refractivity contribution in [2.75, 3.05) is 16.3 Å². The zero-order valence-corrected chi connectivity index (χ0v) is 17.2. The molecule has 8 nitrogen and oxygen atoms in total. The van der Waals surface area contributed by atoms with E-state index in [-0.39, 0.29) is 30.5 Å². The van der Waals surface area contributed by atoms with Crippen LogP contribution in [0.25, 0.3) is 0 Å². The number of aromatic nitrogens is 1. The Kier molecular flexibility index (Phi) is 5.47. The van der Waals surface area contributed by atoms with Crippen LogP contribution < -0.4 is 9.80 Å². The van der Waals surface area contributed by atoms with E-state index < -0.39 is 22.3 Å². The Morgan fingerprint density at radius 1 is 1.29 bits per heavy atom. The molecule has 0 radical (unpaired) electrons. The summed E-state index contributed by atoms with van der Waals surface area (Å²) in [5.74, 6) is -2.32. The molecule has 4 rings (SSSR count). The first-order valence-electron chi connectivity index (χ1n) is 9.40. The van der Waals surface area contributed by atoms with Crippen molar-refractivity contribution in [3.8, 4) is 0 Å². The lowest BCUT2D eigenvalue weighted by atomic mass is 10.1. The van der Waals surface area contributed by atoms with Gasteiger partial charge in [0.2, 0.25) is 17.6 Å². The van der Waals surface area contributed by atoms with Gasteiger partial charge < -0.3 is 4.90 Å². The van der Waals surface area contributed by atoms with E-state index in [1.54, 1.807) is 24.3 Å². The summed E-state index contributed by atoms with van der Waals surface area (Å²) in [5, 5.41) is 13.4. The number of amides is 2. The molecule has 0 bridgehead atoms. The van der Waals surface area contributed by atoms with Crippen LogP contribution in [0.1, 0.15) is 12.1 Å². The summed E-state index contributed by atoms with van der Waals surface area (Å²) >= 11 is 1.32. The maximum absolute atomic E-state index is 13.7. The molecule has 0 saturated carbocycles. The zero-order chi connectivity index (χ0) is 22.1. The van der Waals surface area contributed by atoms with Gasteiger partial charge in [0.1, 0.15) is 0 Å². The number of para-hydroxylation sites is 1. The fourth-order valence-corrected chi connectivity index (χ4v) is 4.29. The molecule has 0 N–H and O–H groups in total. The van der Waals surface area contributed by atoms with Gasteiger partial charge in [-0.15, -0.1) is 11.3 Å². The molecule has 1 saturated heterocycles. The predicted octanol–water partition coefficient (Wildman–Crippen LogP) is 4.22. The highest BCUT2D eigenvalue weighted by Gasteiger charge is 2.39. The number of aryl methyl sites for hydroxylation is 1. The number of hydrogen-bond acceptors (Lipinski definition) is 6. The minimum atomic E-state index is -0.984. The number of carbonyl (C=O) groups is 2. The molecule has 2 heterocycles. The average Bonchev–Trinajstić information content (AvgIpc) is 3.35. The van der Waals surface area contributed by atoms with Gasteiger partial charge >= 0.3 is 5.69 Å². The third-order valence-corrected chi connectivity index (χ3v) is 5.89. The molecule has 2 amide bonds. The molecule has 3 aromatic rings. The van der Waals surface area contributed by atoms with E-state index in [1.807, 2.05) is 18.4 Å². The Hall–Kier alpha value is -3.66. The van der Waals surface area contributed by atoms with Crippen molar-refractivity contribution >= 4 is 45.3 Å². The van der Waals surface area contributed by atoms with Gasteiger partial charge in [-0.25, -0.2) is 4.98 Å². The van der Waals surface area contributed by atoms with Crippen LogP contribution in [0, 0.1) is 28.8 Å². The number of anilines is 3. The van der Waals surface area contributed by atoms with Crippen LogP contribution in [0.4, 0.5) is 26.6 Å². The molecule has 1 aliphatic heterocycles. The lowest BCUT2D eigenvalue weighted by Gasteiger charge is -2.23. The first-order valence-corrected chi connectivity index (χ1v) is 10.3. The number of benzene rings is 2. The van der Waals surface area contributed by atoms with Crippen LogP contribution in [0.3, 0.4) is 0 Å². The lowest BCUT2D eigenvalue weighted by molar-refractivity contribution is -0.387. The Bertz CT molecular complexity index is 1170. The van der Waals surface area contributed by atoms with E-state index >= 15 is 0 Å². The highest BCUT2D eigenvalue weighted by Crippen LogP contribution is 2.34. The van der Waals surface area contributed by atoms with E-state index in [0.29, 0.717) is 10.8 Å². The van der Waals surface area contributed by atoms with Gasteiger partial charge in [0.25, 0.3) is 0 Å². The quantitative estimate of drug-likeness (QED) is 0.437. The first kappa shape index (κ1) is 20.6. The summed E-state index contributed by atoms with van der Waals surface area (Å²) < 4.78 is 13.7. The molecule has 0 spiro atoms. The molecule has 1 fully saturated rings. The second-order valence-corrected chi connectivity index (χ2v) is 7.92. The van der Waals surface area contributed by atoms with Gasteiger partial charge in [0.05, 0.1) is 27.9 Å². The van der Waals surface area contributed by atoms with Crippen molar-refractivity contribution in [1.29, 1.82) is 0 Å². The van der Waals surface area contributed by atoms with Gasteiger partial charge in [-0.05, 0) is 31.2 Å². The molecule has 0 aliphatic carbocycles. The fourth-order valence-electron chi connectivity index (χ4n) is 3.47. The van der Waals surface area contributed by atoms with Crippen LogP contribution in [0.5, 0.6) is 0 Å². The van der Waals surface area contributed by atoms with Gasteiger partial charge in [-0.2, -0.15) is 4.39 Å². The van der Waals surface area contributed by atoms with Crippen LogP contribution in [-0.4, -0.2) is 28.3 Å². The molecule has 158 valence electrons. The molecule has 1 aliphatic rings. The molecule has 1 aromatic heterocycles. The average molecular weight is 440 g/mol. The summed E-state index contributed by atoms with van der Waals surface area (Å²) in [6.07, 6.45) is -0.0578. The number of carbonyl (C=O) groups excluding carboxylic acids is 2. The smallest absolute Gasteiger partial charge is 0.306 e. The summed E-state index contributed by atoms with van der Waals surface area (Å²) in [6, 6.07) is 12.3. The SMILES string of the molecule is Cc1csc(N(C(=O)C2CC(=O)N(c3ccc(F)c([N+](=O)[O-])c3)C2)c2ccccc2)n1. The lowest BCUT2D eigenvalue weighted by Crippen LogP contribution is -2.34. The second kappa shape index (κ2) is 8.23. The van der Waals surface area contributed by atoms with E-state index in [1.165, 1.54) is 27.2 Å². The highest BCUT2D eigenvalue weighted by molar-refractivity contribution is 7.14. The third kappa shape index (κ3) is 4.02. The Morgan fingerprint density at radius 2 is 2.03 bits per heavy atom. The third-order valence-electron chi connectivity index (χ3n) is 4.95. The first-order chi connectivity index (χ1) is 14.8. The highest BCUT2D eigenvalue weighted by atomic mass is 32.1. The van der Waals surface area contributed by atoms with Crippen molar-refractivity contribution in [1.82, 2.24) is 4.98 Å². The molecule has 10 heteroatoms. The Labute approximate surface area is 180 Å². The summed E-state index contributed by atoms with van der Waals surface area (Å²) in [6.45, 7) is 1.87. The number of nitrogens with zero attached hydrogens (tertiary/aromatic N) is 4. The van der Waals surface area contributed by atoms with Crippen molar-refractivity contribution in [3.05, 3.63) is 75.5 Å². The van der Waals surface area contributed by atoms with Crippen LogP contribution >= 0.6 is 11.3 Å². The van der Waals surface area contributed by atoms with Crippen molar-refractivity contribution in [3.63, 3.8) is 0 Å². The van der Waals surface area contributed by atoms with Gasteiger partial charge in [-0.3, -0.25) is 24.6 Å². The molecule has 31 heavy (non-hydrogen) atoms. The number of thiazole rings is 1. The number of hydrogen-bond donors (Lipinski definition) is 0. The Morgan fingerprint density at radius 3 is 2.68 bits per heavy atom. The number of nitro groups is 1. The number of rotatable bonds is 5. The topological polar surface area (TPSA) is 96.7 Å². The Balaban J connectivity index is 1.63. The van der Waals surface area contributed by atoms with Crippen LogP contribution in [0.2, 0.25) is 0 Å². The maximum atomic E-state index is 13.7. The standard InChI is InChI=1S/C21H17FN4O4S/c1-13-12-31-21(23-13)25(15-5-3-2-4-6-15)20(28)14-9-19(27)24(11-14)16-7-8-17(22)18(10-16)26(29)30/h2-8,10,12,14H,9,11H2,1H3. The molecular formula is C21H17FN4O4S. The van der Waals surface area contributed by atoms with Gasteiger partial charge in [0, 0.05) is 24.4 Å². The molecular weight excluding hydrogens is 423 g/mol. The molecule has 1 unspecified atom stereocenters. The van der Waals surface area contributed by atoms with Crippen LogP contribution in [-0.2, 0) is 9.59 Å². The van der Waals surface area contributed by atoms with Crippen LogP contribution in [0.15, 0.2) is 53.9 Å². The van der Waals surface area contributed by atoms with E-state index in [4.69, 9.17) is 0 Å². The number of nitro benzene ring substituents is 1. The molecule has 2 aromatic carbocycles. The fraction of sp³-hybridized carbons (Fsp3) is 0.190. The second-order valence-electron chi connectivity index (χ2n) is 7.08. The molecule has 1 atom stereocenters. The normalized spacial score (nSPS) is 15.9. The minimum Gasteiger partial charge on any atom is -0.311 e.